The molecule has 13 heteroatoms. The van der Waals surface area contributed by atoms with Gasteiger partial charge < -0.3 is 15.0 Å². The number of urea groups is 1. The van der Waals surface area contributed by atoms with Crippen LogP contribution in [0.3, 0.4) is 0 Å². The molecule has 1 fully saturated rings. The number of halogens is 4. The molecule has 3 rings (SSSR count). The van der Waals surface area contributed by atoms with E-state index in [0.717, 1.165) is 56.1 Å². The molecule has 1 aliphatic rings. The highest BCUT2D eigenvalue weighted by molar-refractivity contribution is 9.10. The standard InChI is InChI=1S/C20H23BrClF2N5O3S/c21-12-9-14(23)13(15(24)10-12)11-32-18-16(17(30)27-22)19(33-28-18)26-20(31)25-5-1-2-6-29-7-3-4-8-29/h9-10H,1-8,11H2,(H,27,30)(H2,25,26,31). The Morgan fingerprint density at radius 3 is 2.58 bits per heavy atom. The van der Waals surface area contributed by atoms with Crippen molar-refractivity contribution in [3.63, 3.8) is 0 Å². The Morgan fingerprint density at radius 2 is 1.91 bits per heavy atom. The van der Waals surface area contributed by atoms with Gasteiger partial charge in [-0.3, -0.25) is 14.9 Å². The molecule has 1 aromatic carbocycles. The minimum atomic E-state index is -0.817. The van der Waals surface area contributed by atoms with Crippen molar-refractivity contribution in [2.45, 2.75) is 32.3 Å². The van der Waals surface area contributed by atoms with Crippen molar-refractivity contribution in [1.29, 1.82) is 0 Å². The Hall–Kier alpha value is -2.02. The summed E-state index contributed by atoms with van der Waals surface area (Å²) in [5.74, 6) is -2.62. The number of hydrogen-bond acceptors (Lipinski definition) is 6. The maximum absolute atomic E-state index is 14.0. The Kier molecular flexibility index (Phi) is 9.65. The van der Waals surface area contributed by atoms with Crippen molar-refractivity contribution in [3.05, 3.63) is 39.4 Å². The fraction of sp³-hybridized carbons (Fsp3) is 0.450. The molecule has 1 aromatic heterocycles. The molecule has 2 aromatic rings. The molecule has 1 aliphatic heterocycles. The minimum Gasteiger partial charge on any atom is -0.471 e. The first-order chi connectivity index (χ1) is 15.9. The molecular formula is C20H23BrClF2N5O3S. The molecule has 0 aliphatic carbocycles. The number of amides is 3. The molecule has 33 heavy (non-hydrogen) atoms. The molecule has 1 saturated heterocycles. The van der Waals surface area contributed by atoms with Gasteiger partial charge in [0.1, 0.15) is 28.8 Å². The molecule has 0 unspecified atom stereocenters. The molecule has 3 N–H and O–H groups in total. The first-order valence-corrected chi connectivity index (χ1v) is 12.3. The van der Waals surface area contributed by atoms with Gasteiger partial charge in [0.05, 0.1) is 5.56 Å². The number of carbonyl (C=O) groups is 2. The van der Waals surface area contributed by atoms with Gasteiger partial charge in [0.2, 0.25) is 5.88 Å². The number of likely N-dealkylation sites (tertiary alicyclic amines) is 1. The Bertz CT molecular complexity index is 968. The van der Waals surface area contributed by atoms with Crippen LogP contribution in [0.4, 0.5) is 18.6 Å². The lowest BCUT2D eigenvalue weighted by Gasteiger charge is -2.14. The number of carbonyl (C=O) groups excluding carboxylic acids is 2. The monoisotopic (exact) mass is 565 g/mol. The van der Waals surface area contributed by atoms with Crippen LogP contribution in [0.15, 0.2) is 16.6 Å². The highest BCUT2D eigenvalue weighted by Gasteiger charge is 2.24. The molecular weight excluding hydrogens is 544 g/mol. The number of nitrogens with zero attached hydrogens (tertiary/aromatic N) is 2. The third kappa shape index (κ3) is 7.23. The Balaban J connectivity index is 1.56. The SMILES string of the molecule is O=C(NCCCCN1CCCC1)Nc1snc(OCc2c(F)cc(Br)cc2F)c1C(=O)NCl. The van der Waals surface area contributed by atoms with Crippen LogP contribution in [0.2, 0.25) is 0 Å². The summed E-state index contributed by atoms with van der Waals surface area (Å²) >= 11 is 9.24. The van der Waals surface area contributed by atoms with Gasteiger partial charge in [-0.15, -0.1) is 0 Å². The fourth-order valence-electron chi connectivity index (χ4n) is 3.37. The normalized spacial score (nSPS) is 13.7. The highest BCUT2D eigenvalue weighted by atomic mass is 79.9. The van der Waals surface area contributed by atoms with Gasteiger partial charge in [0.15, 0.2) is 0 Å². The van der Waals surface area contributed by atoms with Crippen molar-refractivity contribution in [2.75, 3.05) is 31.5 Å². The van der Waals surface area contributed by atoms with Gasteiger partial charge in [0.25, 0.3) is 5.91 Å². The van der Waals surface area contributed by atoms with Crippen molar-refractivity contribution in [3.8, 4) is 5.88 Å². The van der Waals surface area contributed by atoms with Crippen LogP contribution in [-0.2, 0) is 6.61 Å². The Morgan fingerprint density at radius 1 is 1.21 bits per heavy atom. The second-order valence-electron chi connectivity index (χ2n) is 7.39. The summed E-state index contributed by atoms with van der Waals surface area (Å²) in [5.41, 5.74) is -0.471. The van der Waals surface area contributed by atoms with E-state index in [2.05, 4.69) is 35.8 Å². The zero-order chi connectivity index (χ0) is 23.8. The summed E-state index contributed by atoms with van der Waals surface area (Å²) in [6, 6.07) is 1.68. The van der Waals surface area contributed by atoms with Gasteiger partial charge in [0, 0.05) is 22.8 Å². The average Bonchev–Trinajstić information content (AvgIpc) is 3.42. The average molecular weight is 567 g/mol. The van der Waals surface area contributed by atoms with E-state index in [9.17, 15) is 18.4 Å². The van der Waals surface area contributed by atoms with E-state index in [0.29, 0.717) is 6.54 Å². The molecule has 3 amide bonds. The molecule has 2 heterocycles. The lowest BCUT2D eigenvalue weighted by Crippen LogP contribution is -2.30. The Labute approximate surface area is 207 Å². The lowest BCUT2D eigenvalue weighted by atomic mass is 10.2. The van der Waals surface area contributed by atoms with E-state index in [1.54, 1.807) is 0 Å². The van der Waals surface area contributed by atoms with Crippen LogP contribution in [-0.4, -0.2) is 47.4 Å². The van der Waals surface area contributed by atoms with Crippen molar-refractivity contribution < 1.29 is 23.1 Å². The topological polar surface area (TPSA) is 95.6 Å². The summed E-state index contributed by atoms with van der Waals surface area (Å²) in [4.78, 5) is 28.8. The molecule has 0 atom stereocenters. The van der Waals surface area contributed by atoms with E-state index in [1.165, 1.54) is 12.8 Å². The molecule has 0 spiro atoms. The van der Waals surface area contributed by atoms with Gasteiger partial charge in [-0.25, -0.2) is 13.6 Å². The van der Waals surface area contributed by atoms with E-state index < -0.39 is 30.2 Å². The lowest BCUT2D eigenvalue weighted by molar-refractivity contribution is 0.0978. The highest BCUT2D eigenvalue weighted by Crippen LogP contribution is 2.32. The number of rotatable bonds is 10. The van der Waals surface area contributed by atoms with Crippen molar-refractivity contribution >= 4 is 56.2 Å². The molecule has 8 nitrogen and oxygen atoms in total. The third-order valence-corrected chi connectivity index (χ3v) is 6.42. The maximum atomic E-state index is 14.0. The maximum Gasteiger partial charge on any atom is 0.319 e. The first-order valence-electron chi connectivity index (χ1n) is 10.3. The summed E-state index contributed by atoms with van der Waals surface area (Å²) < 4.78 is 37.7. The largest absolute Gasteiger partial charge is 0.471 e. The number of nitrogens with one attached hydrogen (secondary N) is 3. The van der Waals surface area contributed by atoms with Gasteiger partial charge in [-0.2, -0.15) is 4.37 Å². The zero-order valence-electron chi connectivity index (χ0n) is 17.6. The van der Waals surface area contributed by atoms with E-state index in [4.69, 9.17) is 16.5 Å². The number of unbranched alkanes of at least 4 members (excludes halogenated alkanes) is 1. The molecule has 0 bridgehead atoms. The minimum absolute atomic E-state index is 0.0921. The number of anilines is 1. The van der Waals surface area contributed by atoms with Crippen LogP contribution in [0.25, 0.3) is 0 Å². The van der Waals surface area contributed by atoms with E-state index in [-0.39, 0.29) is 26.5 Å². The van der Waals surface area contributed by atoms with Crippen LogP contribution in [0.1, 0.15) is 41.6 Å². The number of benzene rings is 1. The van der Waals surface area contributed by atoms with Gasteiger partial charge >= 0.3 is 6.03 Å². The summed E-state index contributed by atoms with van der Waals surface area (Å²) in [6.45, 7) is 3.24. The summed E-state index contributed by atoms with van der Waals surface area (Å²) in [7, 11) is 0. The van der Waals surface area contributed by atoms with Crippen molar-refractivity contribution in [1.82, 2.24) is 19.4 Å². The second-order valence-corrected chi connectivity index (χ2v) is 9.27. The summed E-state index contributed by atoms with van der Waals surface area (Å²) in [6.07, 6.45) is 4.28. The van der Waals surface area contributed by atoms with E-state index >= 15 is 0 Å². The molecule has 0 saturated carbocycles. The first kappa shape index (κ1) is 25.6. The smallest absolute Gasteiger partial charge is 0.319 e. The van der Waals surface area contributed by atoms with Crippen LogP contribution in [0.5, 0.6) is 5.88 Å². The van der Waals surface area contributed by atoms with Gasteiger partial charge in [-0.05, 0) is 69.0 Å². The number of hydrogen-bond donors (Lipinski definition) is 3. The quantitative estimate of drug-likeness (QED) is 0.288. The number of aromatic nitrogens is 1. The van der Waals surface area contributed by atoms with Crippen LogP contribution in [0, 0.1) is 11.6 Å². The number of ether oxygens (including phenoxy) is 1. The van der Waals surface area contributed by atoms with Crippen molar-refractivity contribution in [2.24, 2.45) is 0 Å². The summed E-state index contributed by atoms with van der Waals surface area (Å²) in [5, 5.41) is 5.37. The molecule has 0 radical (unpaired) electrons. The second kappa shape index (κ2) is 12.4. The third-order valence-electron chi connectivity index (χ3n) is 5.05. The van der Waals surface area contributed by atoms with Gasteiger partial charge in [-0.1, -0.05) is 15.9 Å². The van der Waals surface area contributed by atoms with Crippen LogP contribution >= 0.6 is 39.2 Å². The zero-order valence-corrected chi connectivity index (χ0v) is 20.7. The van der Waals surface area contributed by atoms with Crippen LogP contribution < -0.4 is 20.2 Å². The predicted molar refractivity (Wildman–Crippen MR) is 126 cm³/mol. The molecule has 180 valence electrons. The fourth-order valence-corrected chi connectivity index (χ4v) is 4.60. The van der Waals surface area contributed by atoms with E-state index in [1.807, 2.05) is 4.84 Å². The predicted octanol–water partition coefficient (Wildman–Crippen LogP) is 4.64.